The van der Waals surface area contributed by atoms with Crippen LogP contribution in [0.4, 0.5) is 5.82 Å². The van der Waals surface area contributed by atoms with E-state index in [-0.39, 0.29) is 11.4 Å². The summed E-state index contributed by atoms with van der Waals surface area (Å²) in [5.74, 6) is -1.24. The quantitative estimate of drug-likeness (QED) is 0.835. The first kappa shape index (κ1) is 16.7. The number of anilines is 1. The monoisotopic (exact) mass is 406 g/mol. The second-order valence-corrected chi connectivity index (χ2v) is 6.63. The van der Waals surface area contributed by atoms with Gasteiger partial charge in [-0.1, -0.05) is 23.7 Å². The maximum Gasteiger partial charge on any atom is 0.295 e. The van der Waals surface area contributed by atoms with Gasteiger partial charge in [-0.2, -0.15) is 0 Å². The molecule has 5 nitrogen and oxygen atoms in total. The first-order valence-corrected chi connectivity index (χ1v) is 8.22. The fraction of sp³-hybridized carbons (Fsp3) is 0.118. The van der Waals surface area contributed by atoms with E-state index >= 15 is 0 Å². The number of pyridine rings is 1. The number of aromatic nitrogens is 1. The lowest BCUT2D eigenvalue weighted by atomic mass is 9.97. The molecule has 0 aliphatic carbocycles. The minimum Gasteiger partial charge on any atom is -0.503 e. The molecule has 0 radical (unpaired) electrons. The van der Waals surface area contributed by atoms with Crippen LogP contribution in [0, 0.1) is 0 Å². The number of amides is 1. The Hall–Kier alpha value is -2.18. The zero-order valence-corrected chi connectivity index (χ0v) is 14.9. The van der Waals surface area contributed by atoms with Crippen LogP contribution in [0.1, 0.15) is 18.5 Å². The van der Waals surface area contributed by atoms with Gasteiger partial charge >= 0.3 is 0 Å². The summed E-state index contributed by atoms with van der Waals surface area (Å²) in [7, 11) is 0. The van der Waals surface area contributed by atoms with Crippen LogP contribution in [-0.2, 0) is 9.59 Å². The van der Waals surface area contributed by atoms with E-state index in [0.717, 1.165) is 4.47 Å². The number of benzene rings is 1. The van der Waals surface area contributed by atoms with Gasteiger partial charge in [0.25, 0.3) is 5.91 Å². The lowest BCUT2D eigenvalue weighted by Crippen LogP contribution is -2.31. The van der Waals surface area contributed by atoms with Crippen LogP contribution >= 0.6 is 27.5 Å². The molecule has 1 aromatic carbocycles. The summed E-state index contributed by atoms with van der Waals surface area (Å²) in [4.78, 5) is 30.1. The van der Waals surface area contributed by atoms with E-state index in [2.05, 4.69) is 20.9 Å². The lowest BCUT2D eigenvalue weighted by Gasteiger charge is -2.25. The van der Waals surface area contributed by atoms with Crippen LogP contribution in [0.2, 0.25) is 5.02 Å². The van der Waals surface area contributed by atoms with Crippen LogP contribution in [0.25, 0.3) is 0 Å². The number of nitrogens with zero attached hydrogens (tertiary/aromatic N) is 2. The highest BCUT2D eigenvalue weighted by atomic mass is 79.9. The van der Waals surface area contributed by atoms with E-state index in [1.54, 1.807) is 42.6 Å². The maximum atomic E-state index is 12.5. The number of ketones is 1. The fourth-order valence-corrected chi connectivity index (χ4v) is 3.03. The molecule has 0 bridgehead atoms. The van der Waals surface area contributed by atoms with Crippen molar-refractivity contribution in [3.8, 4) is 0 Å². The van der Waals surface area contributed by atoms with Crippen molar-refractivity contribution in [2.75, 3.05) is 4.90 Å². The highest BCUT2D eigenvalue weighted by Gasteiger charge is 2.43. The van der Waals surface area contributed by atoms with Crippen molar-refractivity contribution in [1.29, 1.82) is 0 Å². The van der Waals surface area contributed by atoms with E-state index in [1.165, 1.54) is 11.8 Å². The van der Waals surface area contributed by atoms with Crippen LogP contribution in [0.3, 0.4) is 0 Å². The molecule has 2 aromatic rings. The van der Waals surface area contributed by atoms with Gasteiger partial charge in [0.15, 0.2) is 11.5 Å². The van der Waals surface area contributed by atoms with Gasteiger partial charge in [0, 0.05) is 15.7 Å². The molecule has 0 saturated carbocycles. The van der Waals surface area contributed by atoms with Crippen LogP contribution in [0.5, 0.6) is 0 Å². The highest BCUT2D eigenvalue weighted by Crippen LogP contribution is 2.40. The number of carbonyl (C=O) groups is 2. The van der Waals surface area contributed by atoms with E-state index in [1.807, 2.05) is 0 Å². The molecule has 0 unspecified atom stereocenters. The summed E-state index contributed by atoms with van der Waals surface area (Å²) in [6, 6.07) is 9.39. The average molecular weight is 408 g/mol. The van der Waals surface area contributed by atoms with E-state index in [4.69, 9.17) is 11.6 Å². The molecular weight excluding hydrogens is 396 g/mol. The van der Waals surface area contributed by atoms with Gasteiger partial charge in [0.2, 0.25) is 0 Å². The normalized spacial score (nSPS) is 17.5. The molecule has 1 amide bonds. The third-order valence-corrected chi connectivity index (χ3v) is 4.45. The van der Waals surface area contributed by atoms with E-state index in [0.29, 0.717) is 16.4 Å². The van der Waals surface area contributed by atoms with Crippen molar-refractivity contribution in [2.24, 2.45) is 0 Å². The van der Waals surface area contributed by atoms with Crippen molar-refractivity contribution < 1.29 is 14.7 Å². The Labute approximate surface area is 151 Å². The second-order valence-electron chi connectivity index (χ2n) is 5.28. The Bertz CT molecular complexity index is 847. The van der Waals surface area contributed by atoms with Crippen LogP contribution in [0.15, 0.2) is 58.4 Å². The Morgan fingerprint density at radius 2 is 1.92 bits per heavy atom. The summed E-state index contributed by atoms with van der Waals surface area (Å²) < 4.78 is 0.755. The molecule has 1 aliphatic heterocycles. The SMILES string of the molecule is CC(=O)C1=C(O)C(=O)N(c2ccc(Br)cn2)[C@@H]1c1ccc(Cl)cc1. The predicted octanol–water partition coefficient (Wildman–Crippen LogP) is 3.99. The largest absolute Gasteiger partial charge is 0.503 e. The summed E-state index contributed by atoms with van der Waals surface area (Å²) in [6.45, 7) is 1.32. The predicted molar refractivity (Wildman–Crippen MR) is 94.0 cm³/mol. The molecule has 7 heteroatoms. The first-order chi connectivity index (χ1) is 11.4. The van der Waals surface area contributed by atoms with Gasteiger partial charge in [-0.25, -0.2) is 4.98 Å². The van der Waals surface area contributed by atoms with Gasteiger partial charge in [-0.05, 0) is 52.7 Å². The lowest BCUT2D eigenvalue weighted by molar-refractivity contribution is -0.117. The second kappa shape index (κ2) is 6.37. The average Bonchev–Trinajstić information content (AvgIpc) is 2.81. The molecule has 3 rings (SSSR count). The highest BCUT2D eigenvalue weighted by molar-refractivity contribution is 9.10. The zero-order chi connectivity index (χ0) is 17.4. The van der Waals surface area contributed by atoms with Crippen LogP contribution < -0.4 is 4.90 Å². The molecule has 1 aliphatic rings. The number of Topliss-reactive ketones (excluding diaryl/α,β-unsaturated/α-hetero) is 1. The Morgan fingerprint density at radius 3 is 2.46 bits per heavy atom. The Kier molecular flexibility index (Phi) is 4.43. The van der Waals surface area contributed by atoms with Gasteiger partial charge in [-0.3, -0.25) is 14.5 Å². The minimum atomic E-state index is -0.749. The standard InChI is InChI=1S/C17H12BrClN2O3/c1-9(22)14-15(10-2-5-12(19)6-3-10)21(17(24)16(14)23)13-7-4-11(18)8-20-13/h2-8,15,23H,1H3/t15-/m1/s1. The van der Waals surface area contributed by atoms with E-state index < -0.39 is 17.7 Å². The summed E-state index contributed by atoms with van der Waals surface area (Å²) in [5.41, 5.74) is 0.707. The number of hydrogen-bond acceptors (Lipinski definition) is 4. The van der Waals surface area contributed by atoms with Crippen molar-refractivity contribution in [1.82, 2.24) is 4.98 Å². The van der Waals surface area contributed by atoms with E-state index in [9.17, 15) is 14.7 Å². The molecule has 1 N–H and O–H groups in total. The van der Waals surface area contributed by atoms with Gasteiger partial charge in [-0.15, -0.1) is 0 Å². The maximum absolute atomic E-state index is 12.5. The third kappa shape index (κ3) is 2.83. The molecular formula is C17H12BrClN2O3. The molecule has 2 heterocycles. The molecule has 1 atom stereocenters. The number of aliphatic hydroxyl groups is 1. The topological polar surface area (TPSA) is 70.5 Å². The van der Waals surface area contributed by atoms with Gasteiger partial charge in [0.1, 0.15) is 5.82 Å². The van der Waals surface area contributed by atoms with Gasteiger partial charge in [0.05, 0.1) is 11.6 Å². The number of rotatable bonds is 3. The molecule has 24 heavy (non-hydrogen) atoms. The Balaban J connectivity index is 2.16. The van der Waals surface area contributed by atoms with Crippen LogP contribution in [-0.4, -0.2) is 21.8 Å². The fourth-order valence-electron chi connectivity index (χ4n) is 2.67. The van der Waals surface area contributed by atoms with Crippen molar-refractivity contribution in [3.63, 3.8) is 0 Å². The molecule has 0 spiro atoms. The van der Waals surface area contributed by atoms with Gasteiger partial charge < -0.3 is 5.11 Å². The summed E-state index contributed by atoms with van der Waals surface area (Å²) in [6.07, 6.45) is 1.55. The van der Waals surface area contributed by atoms with Crippen molar-refractivity contribution in [2.45, 2.75) is 13.0 Å². The smallest absolute Gasteiger partial charge is 0.295 e. The third-order valence-electron chi connectivity index (χ3n) is 3.73. The number of halogens is 2. The molecule has 122 valence electrons. The molecule has 0 fully saturated rings. The van der Waals surface area contributed by atoms with Crippen molar-refractivity contribution >= 4 is 45.0 Å². The minimum absolute atomic E-state index is 0.0482. The summed E-state index contributed by atoms with van der Waals surface area (Å²) >= 11 is 9.21. The number of aliphatic hydroxyl groups excluding tert-OH is 1. The first-order valence-electron chi connectivity index (χ1n) is 7.05. The Morgan fingerprint density at radius 1 is 1.25 bits per heavy atom. The molecule has 0 saturated heterocycles. The molecule has 1 aromatic heterocycles. The summed E-state index contributed by atoms with van der Waals surface area (Å²) in [5, 5.41) is 10.7. The zero-order valence-electron chi connectivity index (χ0n) is 12.5. The number of hydrogen-bond donors (Lipinski definition) is 1. The van der Waals surface area contributed by atoms with Crippen molar-refractivity contribution in [3.05, 3.63) is 69.0 Å². The number of carbonyl (C=O) groups excluding carboxylic acids is 2.